The number of aliphatic imine (C=N–C) groups is 1. The van der Waals surface area contributed by atoms with Gasteiger partial charge in [-0.2, -0.15) is 0 Å². The minimum Gasteiger partial charge on any atom is -0.363 e. The highest BCUT2D eigenvalue weighted by molar-refractivity contribution is 5.80. The first-order valence-electron chi connectivity index (χ1n) is 7.75. The number of aromatic nitrogens is 1. The third-order valence-corrected chi connectivity index (χ3v) is 3.56. The second-order valence-electron chi connectivity index (χ2n) is 5.58. The lowest BCUT2D eigenvalue weighted by atomic mass is 10.1. The van der Waals surface area contributed by atoms with Crippen LogP contribution in [-0.4, -0.2) is 32.1 Å². The van der Waals surface area contributed by atoms with Crippen LogP contribution in [0.4, 0.5) is 5.82 Å². The number of nitrogens with one attached hydrogen (secondary N) is 2. The molecule has 0 spiro atoms. The van der Waals surface area contributed by atoms with E-state index < -0.39 is 0 Å². The van der Waals surface area contributed by atoms with Crippen LogP contribution in [0.15, 0.2) is 53.5 Å². The smallest absolute Gasteiger partial charge is 0.191 e. The van der Waals surface area contributed by atoms with Crippen molar-refractivity contribution >= 4 is 11.8 Å². The highest BCUT2D eigenvalue weighted by Gasteiger charge is 2.07. The Morgan fingerprint density at radius 3 is 2.52 bits per heavy atom. The monoisotopic (exact) mass is 311 g/mol. The fraction of sp³-hybridized carbons (Fsp3) is 0.333. The van der Waals surface area contributed by atoms with Crippen LogP contribution < -0.4 is 15.5 Å². The lowest BCUT2D eigenvalue weighted by molar-refractivity contribution is 0.683. The molecule has 0 saturated carbocycles. The molecule has 1 aromatic heterocycles. The highest BCUT2D eigenvalue weighted by Crippen LogP contribution is 2.11. The number of guanidine groups is 1. The molecule has 0 bridgehead atoms. The number of anilines is 1. The Morgan fingerprint density at radius 2 is 1.87 bits per heavy atom. The Morgan fingerprint density at radius 1 is 1.13 bits per heavy atom. The summed E-state index contributed by atoms with van der Waals surface area (Å²) in [6, 6.07) is 16.5. The molecule has 1 atom stereocenters. The van der Waals surface area contributed by atoms with Crippen LogP contribution in [0, 0.1) is 0 Å². The third-order valence-electron chi connectivity index (χ3n) is 3.56. The highest BCUT2D eigenvalue weighted by atomic mass is 15.2. The van der Waals surface area contributed by atoms with Gasteiger partial charge in [-0.1, -0.05) is 36.4 Å². The zero-order valence-corrected chi connectivity index (χ0v) is 14.2. The molecule has 0 saturated heterocycles. The van der Waals surface area contributed by atoms with E-state index in [1.165, 1.54) is 5.56 Å². The summed E-state index contributed by atoms with van der Waals surface area (Å²) < 4.78 is 0. The zero-order valence-electron chi connectivity index (χ0n) is 14.2. The van der Waals surface area contributed by atoms with Crippen LogP contribution in [0.2, 0.25) is 0 Å². The Kier molecular flexibility index (Phi) is 5.97. The predicted molar refractivity (Wildman–Crippen MR) is 96.8 cm³/mol. The fourth-order valence-corrected chi connectivity index (χ4v) is 2.21. The topological polar surface area (TPSA) is 52.6 Å². The molecular weight excluding hydrogens is 286 g/mol. The summed E-state index contributed by atoms with van der Waals surface area (Å²) in [5, 5.41) is 6.70. The number of hydrogen-bond donors (Lipinski definition) is 2. The van der Waals surface area contributed by atoms with E-state index >= 15 is 0 Å². The molecule has 1 aromatic carbocycles. The molecule has 23 heavy (non-hydrogen) atoms. The first-order valence-corrected chi connectivity index (χ1v) is 7.75. The molecule has 0 aliphatic rings. The maximum Gasteiger partial charge on any atom is 0.191 e. The second-order valence-corrected chi connectivity index (χ2v) is 5.58. The van der Waals surface area contributed by atoms with Gasteiger partial charge < -0.3 is 15.5 Å². The summed E-state index contributed by atoms with van der Waals surface area (Å²) >= 11 is 0. The molecule has 1 heterocycles. The maximum absolute atomic E-state index is 4.60. The average Bonchev–Trinajstić information content (AvgIpc) is 2.59. The van der Waals surface area contributed by atoms with Crippen LogP contribution in [-0.2, 0) is 6.54 Å². The van der Waals surface area contributed by atoms with Gasteiger partial charge in [0.1, 0.15) is 5.82 Å². The lowest BCUT2D eigenvalue weighted by Gasteiger charge is -2.18. The van der Waals surface area contributed by atoms with Crippen molar-refractivity contribution in [1.82, 2.24) is 15.6 Å². The number of nitrogens with zero attached hydrogens (tertiary/aromatic N) is 3. The van der Waals surface area contributed by atoms with Crippen molar-refractivity contribution < 1.29 is 0 Å². The van der Waals surface area contributed by atoms with Gasteiger partial charge in [0.05, 0.1) is 18.3 Å². The summed E-state index contributed by atoms with van der Waals surface area (Å²) in [6.07, 6.45) is 0. The zero-order chi connectivity index (χ0) is 16.7. The minimum atomic E-state index is 0.184. The van der Waals surface area contributed by atoms with Crippen LogP contribution in [0.3, 0.4) is 0 Å². The van der Waals surface area contributed by atoms with E-state index in [4.69, 9.17) is 0 Å². The van der Waals surface area contributed by atoms with E-state index in [9.17, 15) is 0 Å². The van der Waals surface area contributed by atoms with E-state index in [-0.39, 0.29) is 6.04 Å². The van der Waals surface area contributed by atoms with E-state index in [2.05, 4.69) is 39.7 Å². The van der Waals surface area contributed by atoms with Gasteiger partial charge in [-0.3, -0.25) is 4.99 Å². The van der Waals surface area contributed by atoms with E-state index in [1.807, 2.05) is 55.4 Å². The minimum absolute atomic E-state index is 0.184. The molecule has 0 aliphatic carbocycles. The van der Waals surface area contributed by atoms with E-state index in [0.717, 1.165) is 17.5 Å². The van der Waals surface area contributed by atoms with Gasteiger partial charge in [0.2, 0.25) is 0 Å². The molecule has 0 aliphatic heterocycles. The maximum atomic E-state index is 4.60. The standard InChI is InChI=1S/C18H25N5/c1-14(15-9-6-5-7-10-15)21-18(19-2)20-13-16-11-8-12-17(22-16)23(3)4/h5-12,14H,13H2,1-4H3,(H2,19,20,21). The Labute approximate surface area is 138 Å². The summed E-state index contributed by atoms with van der Waals surface area (Å²) in [6.45, 7) is 2.75. The Balaban J connectivity index is 1.94. The third kappa shape index (κ3) is 4.98. The van der Waals surface area contributed by atoms with Crippen LogP contribution in [0.1, 0.15) is 24.2 Å². The van der Waals surface area contributed by atoms with Gasteiger partial charge in [0, 0.05) is 21.1 Å². The predicted octanol–water partition coefficient (Wildman–Crippen LogP) is 2.57. The van der Waals surface area contributed by atoms with Gasteiger partial charge in [0.25, 0.3) is 0 Å². The molecule has 122 valence electrons. The first-order chi connectivity index (χ1) is 11.1. The van der Waals surface area contributed by atoms with Crippen molar-refractivity contribution in [2.24, 2.45) is 4.99 Å². The molecule has 0 radical (unpaired) electrons. The van der Waals surface area contributed by atoms with Gasteiger partial charge in [-0.15, -0.1) is 0 Å². The van der Waals surface area contributed by atoms with Gasteiger partial charge >= 0.3 is 0 Å². The lowest BCUT2D eigenvalue weighted by Crippen LogP contribution is -2.38. The quantitative estimate of drug-likeness (QED) is 0.658. The SMILES string of the molecule is CN=C(NCc1cccc(N(C)C)n1)NC(C)c1ccccc1. The molecule has 0 fully saturated rings. The molecule has 0 amide bonds. The summed E-state index contributed by atoms with van der Waals surface area (Å²) in [7, 11) is 5.75. The fourth-order valence-electron chi connectivity index (χ4n) is 2.21. The van der Waals surface area contributed by atoms with Crippen molar-refractivity contribution in [3.8, 4) is 0 Å². The first kappa shape index (κ1) is 16.8. The van der Waals surface area contributed by atoms with Crippen molar-refractivity contribution in [2.45, 2.75) is 19.5 Å². The van der Waals surface area contributed by atoms with Crippen molar-refractivity contribution in [3.05, 3.63) is 59.8 Å². The molecule has 2 aromatic rings. The molecule has 5 heteroatoms. The largest absolute Gasteiger partial charge is 0.363 e. The summed E-state index contributed by atoms with van der Waals surface area (Å²) in [5.41, 5.74) is 2.20. The van der Waals surface area contributed by atoms with E-state index in [0.29, 0.717) is 6.54 Å². The number of benzene rings is 1. The molecule has 2 rings (SSSR count). The van der Waals surface area contributed by atoms with Gasteiger partial charge in [0.15, 0.2) is 5.96 Å². The van der Waals surface area contributed by atoms with Crippen LogP contribution >= 0.6 is 0 Å². The summed E-state index contributed by atoms with van der Waals surface area (Å²) in [5.74, 6) is 1.71. The molecular formula is C18H25N5. The van der Waals surface area contributed by atoms with Crippen molar-refractivity contribution in [1.29, 1.82) is 0 Å². The average molecular weight is 311 g/mol. The Bertz CT molecular complexity index is 637. The van der Waals surface area contributed by atoms with Crippen molar-refractivity contribution in [2.75, 3.05) is 26.0 Å². The van der Waals surface area contributed by atoms with Crippen LogP contribution in [0.25, 0.3) is 0 Å². The Hall–Kier alpha value is -2.56. The van der Waals surface area contributed by atoms with Crippen molar-refractivity contribution in [3.63, 3.8) is 0 Å². The molecule has 5 nitrogen and oxygen atoms in total. The number of pyridine rings is 1. The van der Waals surface area contributed by atoms with Gasteiger partial charge in [-0.05, 0) is 24.6 Å². The number of hydrogen-bond acceptors (Lipinski definition) is 3. The van der Waals surface area contributed by atoms with Crippen LogP contribution in [0.5, 0.6) is 0 Å². The van der Waals surface area contributed by atoms with E-state index in [1.54, 1.807) is 7.05 Å². The number of rotatable bonds is 5. The van der Waals surface area contributed by atoms with Gasteiger partial charge in [-0.25, -0.2) is 4.98 Å². The second kappa shape index (κ2) is 8.17. The molecule has 1 unspecified atom stereocenters. The summed E-state index contributed by atoms with van der Waals surface area (Å²) in [4.78, 5) is 10.9. The molecule has 2 N–H and O–H groups in total. The normalized spacial score (nSPS) is 12.6.